The van der Waals surface area contributed by atoms with E-state index >= 15 is 0 Å². The summed E-state index contributed by atoms with van der Waals surface area (Å²) in [5, 5.41) is 4.51. The summed E-state index contributed by atoms with van der Waals surface area (Å²) in [6.45, 7) is 9.87. The number of fused-ring (bicyclic) bond motifs is 3. The van der Waals surface area contributed by atoms with Crippen LogP contribution in [0.1, 0.15) is 65.7 Å². The summed E-state index contributed by atoms with van der Waals surface area (Å²) in [4.78, 5) is 43.7. The van der Waals surface area contributed by atoms with Gasteiger partial charge in [0.15, 0.2) is 0 Å². The summed E-state index contributed by atoms with van der Waals surface area (Å²) in [6, 6.07) is 38.5. The van der Waals surface area contributed by atoms with Crippen LogP contribution in [0.4, 0.5) is 0 Å². The van der Waals surface area contributed by atoms with E-state index in [4.69, 9.17) is 9.96 Å². The van der Waals surface area contributed by atoms with Gasteiger partial charge in [-0.25, -0.2) is 0 Å². The zero-order valence-corrected chi connectivity index (χ0v) is 30.1. The van der Waals surface area contributed by atoms with Crippen LogP contribution in [0.25, 0.3) is 32.3 Å². The minimum absolute atomic E-state index is 0.274. The fraction of sp³-hybridized carbons (Fsp3) is 0.140. The van der Waals surface area contributed by atoms with Crippen molar-refractivity contribution in [3.8, 4) is 0 Å². The number of carbonyl (C=O) groups is 3. The van der Waals surface area contributed by atoms with Gasteiger partial charge in [0.05, 0.1) is 0 Å². The molecule has 0 saturated heterocycles. The van der Waals surface area contributed by atoms with Crippen molar-refractivity contribution in [1.82, 2.24) is 0 Å². The molecular formula is C43H36O6Ti. The Morgan fingerprint density at radius 2 is 0.780 bits per heavy atom. The molecule has 0 N–H and O–H groups in total. The van der Waals surface area contributed by atoms with Crippen LogP contribution in [0, 0.1) is 5.41 Å². The number of carbonyl (C=O) groups excluding carboxylic acids is 3. The van der Waals surface area contributed by atoms with Crippen LogP contribution < -0.4 is 0 Å². The molecule has 0 atom stereocenters. The molecule has 0 saturated carbocycles. The van der Waals surface area contributed by atoms with E-state index in [1.807, 2.05) is 126 Å². The Morgan fingerprint density at radius 3 is 1.10 bits per heavy atom. The van der Waals surface area contributed by atoms with Crippen molar-refractivity contribution in [3.63, 3.8) is 0 Å². The van der Waals surface area contributed by atoms with Crippen molar-refractivity contribution in [2.75, 3.05) is 0 Å². The van der Waals surface area contributed by atoms with Gasteiger partial charge >= 0.3 is 297 Å². The zero-order valence-electron chi connectivity index (χ0n) is 28.6. The van der Waals surface area contributed by atoms with E-state index in [1.165, 1.54) is 0 Å². The molecule has 0 unspecified atom stereocenters. The minimum atomic E-state index is -5.64. The first-order chi connectivity index (χ1) is 24.0. The Hall–Kier alpha value is -5.30. The number of allylic oxidation sites excluding steroid dienone is 4. The van der Waals surface area contributed by atoms with Gasteiger partial charge < -0.3 is 0 Å². The second-order valence-electron chi connectivity index (χ2n) is 13.2. The summed E-state index contributed by atoms with van der Waals surface area (Å²) in [6.07, 6.45) is 0. The topological polar surface area (TPSA) is 78.9 Å². The summed E-state index contributed by atoms with van der Waals surface area (Å²) in [5.74, 6) is -2.22. The van der Waals surface area contributed by atoms with E-state index in [9.17, 15) is 14.4 Å². The van der Waals surface area contributed by atoms with E-state index in [1.54, 1.807) is 36.4 Å². The Morgan fingerprint density at radius 1 is 0.460 bits per heavy atom. The molecule has 6 aromatic rings. The Kier molecular flexibility index (Phi) is 8.55. The van der Waals surface area contributed by atoms with Crippen molar-refractivity contribution in [2.45, 2.75) is 34.6 Å². The van der Waals surface area contributed by atoms with Gasteiger partial charge in [-0.1, -0.05) is 0 Å². The molecule has 7 heteroatoms. The third kappa shape index (κ3) is 5.65. The Balaban J connectivity index is 1.45. The summed E-state index contributed by atoms with van der Waals surface area (Å²) in [7, 11) is 0. The van der Waals surface area contributed by atoms with Gasteiger partial charge in [-0.3, -0.25) is 0 Å². The molecule has 0 fully saturated rings. The molecule has 6 aromatic carbocycles. The van der Waals surface area contributed by atoms with Gasteiger partial charge in [-0.2, -0.15) is 0 Å². The average Bonchev–Trinajstić information content (AvgIpc) is 3.28. The average molecular weight is 697 g/mol. The molecule has 1 aliphatic carbocycles. The number of benzene rings is 6. The van der Waals surface area contributed by atoms with E-state index < -0.39 is 41.1 Å². The molecule has 0 bridgehead atoms. The quantitative estimate of drug-likeness (QED) is 0.155. The molecule has 0 aromatic heterocycles. The monoisotopic (exact) mass is 696 g/mol. The first-order valence-corrected chi connectivity index (χ1v) is 19.2. The van der Waals surface area contributed by atoms with Crippen LogP contribution in [-0.4, -0.2) is 17.9 Å². The van der Waals surface area contributed by atoms with Crippen LogP contribution in [0.5, 0.6) is 0 Å². The fourth-order valence-corrected chi connectivity index (χ4v) is 12.0. The van der Waals surface area contributed by atoms with E-state index in [0.29, 0.717) is 20.0 Å². The maximum absolute atomic E-state index is 14.6. The Labute approximate surface area is 295 Å². The SMILES string of the molecule is CC1=C(C)C(C)(C)[C]([Ti]([O]C(=O)c2cccc3ccccc23)([O]C(=O)c2cccc3ccccc23)[O]C(=O)c2cccc3ccccc23)=C1C. The van der Waals surface area contributed by atoms with Crippen molar-refractivity contribution in [1.29, 1.82) is 0 Å². The standard InChI is InChI=1S/3C11H8O2.C10H15.Ti/c3*12-11(13)10-7-3-5-8-4-1-2-6-9(8)10;1-7-6-10(4,5)9(3)8(7)2;/h3*1-7H,(H,12,13);1-5H3;/q;;;;+3/p-3. The third-order valence-corrected chi connectivity index (χ3v) is 14.7. The predicted octanol–water partition coefficient (Wildman–Crippen LogP) is 10.6. The summed E-state index contributed by atoms with van der Waals surface area (Å²) >= 11 is -5.64. The fourth-order valence-electron chi connectivity index (χ4n) is 7.16. The van der Waals surface area contributed by atoms with Crippen LogP contribution in [-0.2, 0) is 27.7 Å². The van der Waals surface area contributed by atoms with Gasteiger partial charge in [0, 0.05) is 0 Å². The second kappa shape index (κ2) is 12.9. The molecule has 0 amide bonds. The molecule has 7 rings (SSSR count). The third-order valence-electron chi connectivity index (χ3n) is 10.1. The van der Waals surface area contributed by atoms with E-state index in [0.717, 1.165) is 32.9 Å². The number of hydrogen-bond donors (Lipinski definition) is 0. The van der Waals surface area contributed by atoms with Crippen LogP contribution in [0.15, 0.2) is 148 Å². The molecule has 0 heterocycles. The van der Waals surface area contributed by atoms with Gasteiger partial charge in [0.25, 0.3) is 0 Å². The normalized spacial score (nSPS) is 14.3. The van der Waals surface area contributed by atoms with Crippen LogP contribution >= 0.6 is 0 Å². The van der Waals surface area contributed by atoms with Gasteiger partial charge in [-0.05, 0) is 0 Å². The predicted molar refractivity (Wildman–Crippen MR) is 193 cm³/mol. The van der Waals surface area contributed by atoms with Gasteiger partial charge in [0.2, 0.25) is 0 Å². The van der Waals surface area contributed by atoms with E-state index in [2.05, 4.69) is 0 Å². The molecular weight excluding hydrogens is 660 g/mol. The van der Waals surface area contributed by atoms with Gasteiger partial charge in [0.1, 0.15) is 0 Å². The molecule has 0 spiro atoms. The number of hydrogen-bond acceptors (Lipinski definition) is 6. The second-order valence-corrected chi connectivity index (χ2v) is 16.7. The van der Waals surface area contributed by atoms with Crippen molar-refractivity contribution in [3.05, 3.63) is 165 Å². The molecule has 0 radical (unpaired) electrons. The van der Waals surface area contributed by atoms with Crippen LogP contribution in [0.2, 0.25) is 0 Å². The summed E-state index contributed by atoms with van der Waals surface area (Å²) < 4.78 is 20.3. The number of rotatable bonds is 7. The van der Waals surface area contributed by atoms with Gasteiger partial charge in [-0.15, -0.1) is 0 Å². The Bertz CT molecular complexity index is 2200. The zero-order chi connectivity index (χ0) is 35.2. The summed E-state index contributed by atoms with van der Waals surface area (Å²) in [5.41, 5.74) is 2.79. The molecule has 50 heavy (non-hydrogen) atoms. The van der Waals surface area contributed by atoms with Crippen LogP contribution in [0.3, 0.4) is 0 Å². The first kappa shape index (κ1) is 33.2. The molecule has 0 aliphatic heterocycles. The molecule has 6 nitrogen and oxygen atoms in total. The van der Waals surface area contributed by atoms with Crippen molar-refractivity contribution in [2.24, 2.45) is 5.41 Å². The maximum atomic E-state index is 14.6. The molecule has 1 aliphatic rings. The molecule has 248 valence electrons. The van der Waals surface area contributed by atoms with Crippen molar-refractivity contribution < 1.29 is 42.1 Å². The van der Waals surface area contributed by atoms with Crippen molar-refractivity contribution >= 4 is 50.2 Å². The van der Waals surface area contributed by atoms with E-state index in [-0.39, 0.29) is 16.7 Å². The first-order valence-electron chi connectivity index (χ1n) is 16.6.